The van der Waals surface area contributed by atoms with Gasteiger partial charge in [0.05, 0.1) is 17.4 Å². The molecule has 4 aromatic rings. The minimum atomic E-state index is -0.303. The lowest BCUT2D eigenvalue weighted by Gasteiger charge is -2.02. The van der Waals surface area contributed by atoms with Gasteiger partial charge in [-0.2, -0.15) is 0 Å². The number of fused-ring (bicyclic) bond motifs is 2. The second-order valence-corrected chi connectivity index (χ2v) is 6.33. The lowest BCUT2D eigenvalue weighted by molar-refractivity contribution is -0.111. The zero-order chi connectivity index (χ0) is 19.7. The summed E-state index contributed by atoms with van der Waals surface area (Å²) >= 11 is 0. The van der Waals surface area contributed by atoms with Crippen LogP contribution in [-0.2, 0) is 11.8 Å². The van der Waals surface area contributed by atoms with Crippen molar-refractivity contribution in [2.75, 3.05) is 5.32 Å². The Hall–Kier alpha value is -3.91. The summed E-state index contributed by atoms with van der Waals surface area (Å²) in [7, 11) is 1.88. The summed E-state index contributed by atoms with van der Waals surface area (Å²) in [6, 6.07) is 12.2. The van der Waals surface area contributed by atoms with Crippen molar-refractivity contribution < 1.29 is 9.18 Å². The van der Waals surface area contributed by atoms with Crippen LogP contribution >= 0.6 is 0 Å². The van der Waals surface area contributed by atoms with E-state index in [-0.39, 0.29) is 11.7 Å². The normalized spacial score (nSPS) is 10.5. The third-order valence-electron chi connectivity index (χ3n) is 4.47. The minimum absolute atomic E-state index is 0.266. The van der Waals surface area contributed by atoms with Crippen LogP contribution in [0.2, 0.25) is 0 Å². The fourth-order valence-electron chi connectivity index (χ4n) is 3.13. The van der Waals surface area contributed by atoms with Crippen molar-refractivity contribution in [3.63, 3.8) is 0 Å². The molecule has 4 rings (SSSR count). The van der Waals surface area contributed by atoms with Crippen LogP contribution in [0.15, 0.2) is 67.5 Å². The summed E-state index contributed by atoms with van der Waals surface area (Å²) in [6.45, 7) is 3.45. The number of hydrogen-bond donors (Lipinski definition) is 1. The van der Waals surface area contributed by atoms with Crippen LogP contribution in [0.5, 0.6) is 0 Å². The molecule has 0 aliphatic heterocycles. The number of aromatic nitrogens is 2. The van der Waals surface area contributed by atoms with Crippen LogP contribution < -0.4 is 5.32 Å². The van der Waals surface area contributed by atoms with Crippen molar-refractivity contribution in [2.45, 2.75) is 0 Å². The van der Waals surface area contributed by atoms with Gasteiger partial charge in [0.15, 0.2) is 0 Å². The van der Waals surface area contributed by atoms with Gasteiger partial charge in [0.2, 0.25) is 5.91 Å². The van der Waals surface area contributed by atoms with Crippen LogP contribution in [0, 0.1) is 17.7 Å². The Balaban J connectivity index is 1.81. The number of benzene rings is 2. The second-order valence-electron chi connectivity index (χ2n) is 6.33. The van der Waals surface area contributed by atoms with E-state index in [0.717, 1.165) is 27.5 Å². The molecule has 0 aliphatic carbocycles. The molecule has 0 saturated heterocycles. The fourth-order valence-corrected chi connectivity index (χ4v) is 3.13. The van der Waals surface area contributed by atoms with E-state index in [4.69, 9.17) is 0 Å². The molecule has 1 amide bonds. The summed E-state index contributed by atoms with van der Waals surface area (Å²) in [5, 5.41) is 4.84. The Morgan fingerprint density at radius 1 is 1.14 bits per heavy atom. The molecule has 2 aromatic heterocycles. The quantitative estimate of drug-likeness (QED) is 0.421. The van der Waals surface area contributed by atoms with E-state index in [2.05, 4.69) is 28.7 Å². The number of carbonyl (C=O) groups is 1. The maximum absolute atomic E-state index is 14.0. The van der Waals surface area contributed by atoms with Crippen LogP contribution in [0.3, 0.4) is 0 Å². The monoisotopic (exact) mass is 369 g/mol. The molecule has 0 saturated carbocycles. The Kier molecular flexibility index (Phi) is 4.38. The van der Waals surface area contributed by atoms with Crippen molar-refractivity contribution in [1.29, 1.82) is 0 Å². The van der Waals surface area contributed by atoms with Crippen molar-refractivity contribution in [3.8, 4) is 11.8 Å². The summed E-state index contributed by atoms with van der Waals surface area (Å²) in [5.74, 6) is 5.74. The van der Waals surface area contributed by atoms with Crippen LogP contribution in [0.25, 0.3) is 21.8 Å². The molecule has 5 heteroatoms. The van der Waals surface area contributed by atoms with E-state index >= 15 is 0 Å². The number of carbonyl (C=O) groups excluding carboxylic acids is 1. The first-order valence-electron chi connectivity index (χ1n) is 8.64. The number of nitrogens with zero attached hydrogens (tertiary/aromatic N) is 2. The average molecular weight is 369 g/mol. The predicted octanol–water partition coefficient (Wildman–Crippen LogP) is 4.39. The topological polar surface area (TPSA) is 46.9 Å². The molecule has 4 nitrogen and oxygen atoms in total. The highest BCUT2D eigenvalue weighted by atomic mass is 19.1. The van der Waals surface area contributed by atoms with Crippen LogP contribution in [0.1, 0.15) is 11.1 Å². The summed E-state index contributed by atoms with van der Waals surface area (Å²) in [6.07, 6.45) is 4.68. The van der Waals surface area contributed by atoms with Crippen molar-refractivity contribution in [2.24, 2.45) is 7.05 Å². The number of hydrogen-bond acceptors (Lipinski definition) is 2. The number of amides is 1. The van der Waals surface area contributed by atoms with E-state index in [9.17, 15) is 9.18 Å². The van der Waals surface area contributed by atoms with E-state index in [1.54, 1.807) is 24.4 Å². The van der Waals surface area contributed by atoms with Gasteiger partial charge in [-0.3, -0.25) is 4.79 Å². The molecule has 0 aliphatic rings. The largest absolute Gasteiger partial charge is 0.334 e. The molecule has 1 N–H and O–H groups in total. The molecule has 0 atom stereocenters. The molecule has 136 valence electrons. The highest BCUT2D eigenvalue weighted by Gasteiger charge is 2.09. The Morgan fingerprint density at radius 2 is 1.89 bits per heavy atom. The first-order chi connectivity index (χ1) is 13.6. The van der Waals surface area contributed by atoms with Crippen molar-refractivity contribution in [1.82, 2.24) is 9.55 Å². The van der Waals surface area contributed by atoms with Crippen molar-refractivity contribution >= 4 is 33.4 Å². The number of pyridine rings is 1. The van der Waals surface area contributed by atoms with E-state index in [1.165, 1.54) is 12.1 Å². The van der Waals surface area contributed by atoms with Gasteiger partial charge in [0.1, 0.15) is 11.5 Å². The lowest BCUT2D eigenvalue weighted by Crippen LogP contribution is -2.07. The highest BCUT2D eigenvalue weighted by Crippen LogP contribution is 2.23. The van der Waals surface area contributed by atoms with Gasteiger partial charge in [0, 0.05) is 35.0 Å². The van der Waals surface area contributed by atoms with Crippen LogP contribution in [0.4, 0.5) is 10.1 Å². The first-order valence-corrected chi connectivity index (χ1v) is 8.64. The number of nitrogens with one attached hydrogen (secondary N) is 1. The molecule has 2 aromatic carbocycles. The molecule has 0 unspecified atom stereocenters. The van der Waals surface area contributed by atoms with Crippen molar-refractivity contribution in [3.05, 3.63) is 84.5 Å². The predicted molar refractivity (Wildman–Crippen MR) is 109 cm³/mol. The molecule has 2 heterocycles. The van der Waals surface area contributed by atoms with Gasteiger partial charge >= 0.3 is 0 Å². The van der Waals surface area contributed by atoms with Crippen LogP contribution in [-0.4, -0.2) is 15.5 Å². The van der Waals surface area contributed by atoms with Gasteiger partial charge in [-0.1, -0.05) is 42.7 Å². The fraction of sp³-hybridized carbons (Fsp3) is 0.0435. The molecule has 0 spiro atoms. The van der Waals surface area contributed by atoms with E-state index < -0.39 is 0 Å². The lowest BCUT2D eigenvalue weighted by atomic mass is 10.0. The van der Waals surface area contributed by atoms with Gasteiger partial charge in [-0.25, -0.2) is 9.37 Å². The summed E-state index contributed by atoms with van der Waals surface area (Å²) in [5.41, 5.74) is 2.84. The highest BCUT2D eigenvalue weighted by molar-refractivity contribution is 6.00. The maximum atomic E-state index is 14.0. The number of aryl methyl sites for hydroxylation is 1. The third-order valence-corrected chi connectivity index (χ3v) is 4.47. The Labute approximate surface area is 161 Å². The average Bonchev–Trinajstić information content (AvgIpc) is 3.03. The smallest absolute Gasteiger partial charge is 0.247 e. The molecular weight excluding hydrogens is 353 g/mol. The van der Waals surface area contributed by atoms with Gasteiger partial charge in [-0.05, 0) is 24.3 Å². The van der Waals surface area contributed by atoms with E-state index in [0.29, 0.717) is 11.1 Å². The van der Waals surface area contributed by atoms with E-state index in [1.807, 2.05) is 36.0 Å². The molecule has 0 radical (unpaired) electrons. The Morgan fingerprint density at radius 3 is 2.68 bits per heavy atom. The van der Waals surface area contributed by atoms with Gasteiger partial charge < -0.3 is 9.88 Å². The number of rotatable bonds is 2. The molecule has 0 bridgehead atoms. The Bertz CT molecular complexity index is 1310. The third kappa shape index (κ3) is 3.12. The molecular formula is C23H16FN3O. The maximum Gasteiger partial charge on any atom is 0.247 e. The van der Waals surface area contributed by atoms with Gasteiger partial charge in [0.25, 0.3) is 0 Å². The SMILES string of the molecule is C=CC(=O)Nc1cnc2c(c1)c(C#Cc1ccc(F)c3ccccc13)cn2C. The standard InChI is InChI=1S/C23H16FN3O/c1-3-22(28)26-17-12-20-16(14-27(2)23(20)25-13-17)9-8-15-10-11-21(24)19-7-5-4-6-18(15)19/h3-7,10-14H,1H2,2H3,(H,26,28). The van der Waals surface area contributed by atoms with Gasteiger partial charge in [-0.15, -0.1) is 0 Å². The number of halogens is 1. The minimum Gasteiger partial charge on any atom is -0.334 e. The molecule has 28 heavy (non-hydrogen) atoms. The first kappa shape index (κ1) is 17.5. The summed E-state index contributed by atoms with van der Waals surface area (Å²) in [4.78, 5) is 16.0. The number of anilines is 1. The zero-order valence-electron chi connectivity index (χ0n) is 15.2. The summed E-state index contributed by atoms with van der Waals surface area (Å²) < 4.78 is 15.9. The second kappa shape index (κ2) is 7.01. The molecule has 0 fully saturated rings. The zero-order valence-corrected chi connectivity index (χ0v) is 15.2.